The van der Waals surface area contributed by atoms with Crippen molar-refractivity contribution in [2.75, 3.05) is 0 Å². The van der Waals surface area contributed by atoms with E-state index in [-0.39, 0.29) is 11.5 Å². The van der Waals surface area contributed by atoms with Gasteiger partial charge in [-0.3, -0.25) is 4.79 Å². The van der Waals surface area contributed by atoms with Gasteiger partial charge in [-0.1, -0.05) is 25.8 Å². The summed E-state index contributed by atoms with van der Waals surface area (Å²) in [5.41, 5.74) is 0.249. The summed E-state index contributed by atoms with van der Waals surface area (Å²) in [6.07, 6.45) is 6.80. The van der Waals surface area contributed by atoms with Gasteiger partial charge >= 0.3 is 0 Å². The normalized spacial score (nSPS) is 23.3. The van der Waals surface area contributed by atoms with Crippen LogP contribution in [0.4, 0.5) is 8.78 Å². The van der Waals surface area contributed by atoms with Gasteiger partial charge in [0.2, 0.25) is 0 Å². The predicted octanol–water partition coefficient (Wildman–Crippen LogP) is 4.85. The smallest absolute Gasteiger partial charge is 0.169 e. The fourth-order valence-corrected chi connectivity index (χ4v) is 3.16. The Morgan fingerprint density at radius 1 is 1.16 bits per heavy atom. The highest BCUT2D eigenvalue weighted by Crippen LogP contribution is 2.38. The van der Waals surface area contributed by atoms with E-state index in [9.17, 15) is 13.6 Å². The monoisotopic (exact) mass is 266 g/mol. The molecule has 19 heavy (non-hydrogen) atoms. The zero-order chi connectivity index (χ0) is 13.8. The molecular formula is C16H20F2O. The molecular weight excluding hydrogens is 246 g/mol. The van der Waals surface area contributed by atoms with E-state index in [0.29, 0.717) is 11.8 Å². The molecule has 0 atom stereocenters. The largest absolute Gasteiger partial charge is 0.298 e. The summed E-state index contributed by atoms with van der Waals surface area (Å²) in [7, 11) is 0. The van der Waals surface area contributed by atoms with Gasteiger partial charge in [-0.05, 0) is 49.1 Å². The SMILES string of the molecule is CCCC1CCC(c2ccc(C=O)c(F)c2F)CC1. The molecule has 0 bridgehead atoms. The Morgan fingerprint density at radius 2 is 1.84 bits per heavy atom. The minimum atomic E-state index is -0.997. The zero-order valence-electron chi connectivity index (χ0n) is 11.3. The van der Waals surface area contributed by atoms with Crippen LogP contribution in [0.2, 0.25) is 0 Å². The summed E-state index contributed by atoms with van der Waals surface area (Å²) in [5, 5.41) is 0. The molecule has 1 fully saturated rings. The fraction of sp³-hybridized carbons (Fsp3) is 0.562. The molecule has 0 amide bonds. The minimum absolute atomic E-state index is 0.100. The average molecular weight is 266 g/mol. The third-order valence-electron chi connectivity index (χ3n) is 4.25. The number of carbonyl (C=O) groups excluding carboxylic acids is 1. The molecule has 1 nitrogen and oxygen atoms in total. The number of carbonyl (C=O) groups is 1. The van der Waals surface area contributed by atoms with Gasteiger partial charge in [-0.25, -0.2) is 8.78 Å². The van der Waals surface area contributed by atoms with Gasteiger partial charge in [0.05, 0.1) is 5.56 Å². The van der Waals surface area contributed by atoms with Gasteiger partial charge in [-0.15, -0.1) is 0 Å². The third-order valence-corrected chi connectivity index (χ3v) is 4.25. The molecule has 0 spiro atoms. The molecule has 104 valence electrons. The Bertz CT molecular complexity index is 448. The van der Waals surface area contributed by atoms with Gasteiger partial charge in [0.1, 0.15) is 0 Å². The van der Waals surface area contributed by atoms with E-state index >= 15 is 0 Å². The Hall–Kier alpha value is -1.25. The first kappa shape index (κ1) is 14.2. The molecule has 0 N–H and O–H groups in total. The summed E-state index contributed by atoms with van der Waals surface area (Å²) in [5.74, 6) is -0.988. The molecule has 1 aromatic rings. The van der Waals surface area contributed by atoms with Crippen molar-refractivity contribution < 1.29 is 13.6 Å². The second-order valence-corrected chi connectivity index (χ2v) is 5.50. The van der Waals surface area contributed by atoms with E-state index in [0.717, 1.165) is 31.6 Å². The lowest BCUT2D eigenvalue weighted by Gasteiger charge is -2.29. The average Bonchev–Trinajstić information content (AvgIpc) is 2.43. The van der Waals surface area contributed by atoms with Crippen LogP contribution >= 0.6 is 0 Å². The lowest BCUT2D eigenvalue weighted by molar-refractivity contribution is 0.111. The second-order valence-electron chi connectivity index (χ2n) is 5.50. The maximum absolute atomic E-state index is 13.9. The molecule has 1 aromatic carbocycles. The molecule has 2 rings (SSSR count). The lowest BCUT2D eigenvalue weighted by Crippen LogP contribution is -2.15. The van der Waals surface area contributed by atoms with Crippen LogP contribution in [0.3, 0.4) is 0 Å². The van der Waals surface area contributed by atoms with Crippen LogP contribution in [0.25, 0.3) is 0 Å². The van der Waals surface area contributed by atoms with Gasteiger partial charge in [0.25, 0.3) is 0 Å². The van der Waals surface area contributed by atoms with E-state index in [1.165, 1.54) is 18.9 Å². The predicted molar refractivity (Wildman–Crippen MR) is 71.4 cm³/mol. The van der Waals surface area contributed by atoms with Crippen molar-refractivity contribution in [3.8, 4) is 0 Å². The maximum Gasteiger partial charge on any atom is 0.169 e. The summed E-state index contributed by atoms with van der Waals surface area (Å²) in [6, 6.07) is 2.96. The van der Waals surface area contributed by atoms with Crippen molar-refractivity contribution in [2.45, 2.75) is 51.4 Å². The number of aldehydes is 1. The van der Waals surface area contributed by atoms with Gasteiger partial charge in [0, 0.05) is 0 Å². The zero-order valence-corrected chi connectivity index (χ0v) is 11.3. The number of hydrogen-bond donors (Lipinski definition) is 0. The van der Waals surface area contributed by atoms with Crippen molar-refractivity contribution >= 4 is 6.29 Å². The molecule has 0 radical (unpaired) electrons. The Kier molecular flexibility index (Phi) is 4.67. The van der Waals surface area contributed by atoms with Crippen LogP contribution in [0.1, 0.15) is 67.3 Å². The van der Waals surface area contributed by atoms with Crippen molar-refractivity contribution in [2.24, 2.45) is 5.92 Å². The van der Waals surface area contributed by atoms with Crippen molar-refractivity contribution in [3.05, 3.63) is 34.9 Å². The van der Waals surface area contributed by atoms with Gasteiger partial charge in [-0.2, -0.15) is 0 Å². The summed E-state index contributed by atoms with van der Waals surface area (Å²) in [4.78, 5) is 10.6. The molecule has 0 aromatic heterocycles. The quantitative estimate of drug-likeness (QED) is 0.712. The first-order chi connectivity index (χ1) is 9.17. The van der Waals surface area contributed by atoms with E-state index in [1.54, 1.807) is 6.07 Å². The molecule has 0 unspecified atom stereocenters. The molecule has 0 aliphatic heterocycles. The number of hydrogen-bond acceptors (Lipinski definition) is 1. The number of rotatable bonds is 4. The van der Waals surface area contributed by atoms with Crippen molar-refractivity contribution in [1.29, 1.82) is 0 Å². The Labute approximate surface area is 113 Å². The van der Waals surface area contributed by atoms with Crippen LogP contribution < -0.4 is 0 Å². The highest BCUT2D eigenvalue weighted by atomic mass is 19.2. The van der Waals surface area contributed by atoms with Crippen LogP contribution in [0, 0.1) is 17.6 Å². The molecule has 1 aliphatic carbocycles. The molecule has 3 heteroatoms. The van der Waals surface area contributed by atoms with Crippen LogP contribution in [-0.2, 0) is 0 Å². The standard InChI is InChI=1S/C16H20F2O/c1-2-3-11-4-6-12(7-5-11)14-9-8-13(10-19)15(17)16(14)18/h8-12H,2-7H2,1H3. The third kappa shape index (κ3) is 3.02. The minimum Gasteiger partial charge on any atom is -0.298 e. The highest BCUT2D eigenvalue weighted by Gasteiger charge is 2.25. The first-order valence-corrected chi connectivity index (χ1v) is 7.10. The van der Waals surface area contributed by atoms with Gasteiger partial charge < -0.3 is 0 Å². The van der Waals surface area contributed by atoms with E-state index < -0.39 is 11.6 Å². The van der Waals surface area contributed by atoms with Gasteiger partial charge in [0.15, 0.2) is 17.9 Å². The van der Waals surface area contributed by atoms with Crippen LogP contribution in [0.5, 0.6) is 0 Å². The molecule has 0 heterocycles. The highest BCUT2D eigenvalue weighted by molar-refractivity contribution is 5.75. The second kappa shape index (κ2) is 6.27. The molecule has 0 saturated heterocycles. The van der Waals surface area contributed by atoms with E-state index in [4.69, 9.17) is 0 Å². The first-order valence-electron chi connectivity index (χ1n) is 7.10. The summed E-state index contributed by atoms with van der Waals surface area (Å²) >= 11 is 0. The summed E-state index contributed by atoms with van der Waals surface area (Å²) in [6.45, 7) is 2.18. The maximum atomic E-state index is 13.9. The van der Waals surface area contributed by atoms with Crippen LogP contribution in [0.15, 0.2) is 12.1 Å². The Balaban J connectivity index is 2.12. The van der Waals surface area contributed by atoms with E-state index in [1.807, 2.05) is 0 Å². The summed E-state index contributed by atoms with van der Waals surface area (Å²) < 4.78 is 27.6. The fourth-order valence-electron chi connectivity index (χ4n) is 3.16. The molecule has 1 saturated carbocycles. The molecule has 1 aliphatic rings. The number of benzene rings is 1. The Morgan fingerprint density at radius 3 is 2.42 bits per heavy atom. The van der Waals surface area contributed by atoms with Crippen molar-refractivity contribution in [1.82, 2.24) is 0 Å². The topological polar surface area (TPSA) is 17.1 Å². The lowest BCUT2D eigenvalue weighted by atomic mass is 9.77. The van der Waals surface area contributed by atoms with Crippen LogP contribution in [-0.4, -0.2) is 6.29 Å². The van der Waals surface area contributed by atoms with Crippen molar-refractivity contribution in [3.63, 3.8) is 0 Å². The number of halogens is 2. The van der Waals surface area contributed by atoms with E-state index in [2.05, 4.69) is 6.92 Å².